The van der Waals surface area contributed by atoms with Crippen LogP contribution in [0.15, 0.2) is 60.8 Å². The van der Waals surface area contributed by atoms with Crippen LogP contribution in [0.5, 0.6) is 0 Å². The van der Waals surface area contributed by atoms with Gasteiger partial charge in [-0.05, 0) is 41.3 Å². The van der Waals surface area contributed by atoms with E-state index in [9.17, 15) is 14.4 Å². The van der Waals surface area contributed by atoms with Crippen LogP contribution < -0.4 is 10.6 Å². The lowest BCUT2D eigenvalue weighted by molar-refractivity contribution is -0.131. The van der Waals surface area contributed by atoms with Crippen molar-refractivity contribution >= 4 is 23.4 Å². The van der Waals surface area contributed by atoms with Crippen molar-refractivity contribution in [3.8, 4) is 11.8 Å². The molecule has 1 atom stereocenters. The molecule has 2 aliphatic rings. The van der Waals surface area contributed by atoms with Gasteiger partial charge in [-0.15, -0.1) is 0 Å². The van der Waals surface area contributed by atoms with Gasteiger partial charge in [-0.1, -0.05) is 50.6 Å². The van der Waals surface area contributed by atoms with E-state index in [4.69, 9.17) is 0 Å². The summed E-state index contributed by atoms with van der Waals surface area (Å²) in [6, 6.07) is 14.3. The van der Waals surface area contributed by atoms with Gasteiger partial charge >= 0.3 is 11.9 Å². The highest BCUT2D eigenvalue weighted by molar-refractivity contribution is 6.46. The van der Waals surface area contributed by atoms with Crippen molar-refractivity contribution in [2.45, 2.75) is 32.2 Å². The summed E-state index contributed by atoms with van der Waals surface area (Å²) in [6.07, 6.45) is 1.26. The third-order valence-corrected chi connectivity index (χ3v) is 5.50. The van der Waals surface area contributed by atoms with Crippen LogP contribution in [-0.4, -0.2) is 35.2 Å². The number of benzene rings is 2. The van der Waals surface area contributed by atoms with Crippen LogP contribution in [0.2, 0.25) is 0 Å². The zero-order valence-electron chi connectivity index (χ0n) is 17.9. The number of anilines is 1. The maximum absolute atomic E-state index is 12.2. The van der Waals surface area contributed by atoms with Crippen molar-refractivity contribution in [1.82, 2.24) is 10.2 Å². The summed E-state index contributed by atoms with van der Waals surface area (Å²) in [5.41, 5.74) is 3.47. The first kappa shape index (κ1) is 21.8. The maximum Gasteiger partial charge on any atom is 0.322 e. The zero-order chi connectivity index (χ0) is 22.6. The Morgan fingerprint density at radius 1 is 1.10 bits per heavy atom. The minimum absolute atomic E-state index is 0.168. The Balaban J connectivity index is 0.00000132. The summed E-state index contributed by atoms with van der Waals surface area (Å²) in [5, 5.41) is 5.39. The Labute approximate surface area is 182 Å². The molecule has 158 valence electrons. The second-order valence-corrected chi connectivity index (χ2v) is 7.24. The molecule has 6 heteroatoms. The van der Waals surface area contributed by atoms with Gasteiger partial charge in [0.2, 0.25) is 0 Å². The summed E-state index contributed by atoms with van der Waals surface area (Å²) < 4.78 is 0. The van der Waals surface area contributed by atoms with Crippen LogP contribution in [0.3, 0.4) is 0 Å². The number of ketones is 1. The SMILES string of the molecule is C=C1NC(=O)N(C)C12Cc1ccc(NC(=O)C(=O)C#Cc3ccccc3)cc1C2.CC. The number of nitrogens with one attached hydrogen (secondary N) is 2. The van der Waals surface area contributed by atoms with E-state index in [0.29, 0.717) is 29.8 Å². The number of hydrogen-bond donors (Lipinski definition) is 2. The van der Waals surface area contributed by atoms with Gasteiger partial charge in [-0.2, -0.15) is 0 Å². The molecule has 1 unspecified atom stereocenters. The molecule has 1 aliphatic carbocycles. The second kappa shape index (κ2) is 8.88. The zero-order valence-corrected chi connectivity index (χ0v) is 17.9. The molecule has 1 aliphatic heterocycles. The van der Waals surface area contributed by atoms with Crippen LogP contribution in [0, 0.1) is 11.8 Å². The van der Waals surface area contributed by atoms with Gasteiger partial charge < -0.3 is 15.5 Å². The minimum atomic E-state index is -0.801. The second-order valence-electron chi connectivity index (χ2n) is 7.24. The Morgan fingerprint density at radius 3 is 2.42 bits per heavy atom. The number of amides is 3. The van der Waals surface area contributed by atoms with Gasteiger partial charge in [0.15, 0.2) is 0 Å². The number of fused-ring (bicyclic) bond motifs is 1. The third-order valence-electron chi connectivity index (χ3n) is 5.50. The molecule has 2 N–H and O–H groups in total. The number of Topliss-reactive ketones (excluding diaryl/α,β-unsaturated/α-hetero) is 1. The van der Waals surface area contributed by atoms with Crippen molar-refractivity contribution in [2.75, 3.05) is 12.4 Å². The Bertz CT molecular complexity index is 1110. The van der Waals surface area contributed by atoms with Crippen molar-refractivity contribution in [3.05, 3.63) is 77.5 Å². The molecule has 6 nitrogen and oxygen atoms in total. The van der Waals surface area contributed by atoms with Crippen molar-refractivity contribution in [2.24, 2.45) is 0 Å². The van der Waals surface area contributed by atoms with Crippen molar-refractivity contribution < 1.29 is 14.4 Å². The molecule has 0 saturated carbocycles. The highest BCUT2D eigenvalue weighted by atomic mass is 16.2. The molecule has 1 heterocycles. The summed E-state index contributed by atoms with van der Waals surface area (Å²) in [5.74, 6) is 3.47. The first-order valence-corrected chi connectivity index (χ1v) is 10.2. The molecular formula is C25H25N3O3. The lowest BCUT2D eigenvalue weighted by Gasteiger charge is -2.30. The molecule has 2 aromatic carbocycles. The monoisotopic (exact) mass is 415 g/mol. The molecule has 0 radical (unpaired) electrons. The Morgan fingerprint density at radius 2 is 1.77 bits per heavy atom. The standard InChI is InChI=1S/C23H19N3O3.C2H6/c1-15-23(26(2)22(29)24-15)13-17-9-10-19(12-18(17)14-23)25-21(28)20(27)11-8-16-6-4-3-5-7-16;1-2/h3-7,9-10,12H,1,13-14H2,2H3,(H,24,29)(H,25,28);1-2H3. The Hall–Kier alpha value is -3.85. The average molecular weight is 415 g/mol. The quantitative estimate of drug-likeness (QED) is 0.584. The Kier molecular flexibility index (Phi) is 6.26. The van der Waals surface area contributed by atoms with E-state index < -0.39 is 17.2 Å². The summed E-state index contributed by atoms with van der Waals surface area (Å²) >= 11 is 0. The van der Waals surface area contributed by atoms with Crippen LogP contribution >= 0.6 is 0 Å². The highest BCUT2D eigenvalue weighted by Crippen LogP contribution is 2.41. The summed E-state index contributed by atoms with van der Waals surface area (Å²) in [4.78, 5) is 37.9. The molecule has 4 rings (SSSR count). The van der Waals surface area contributed by atoms with Crippen LogP contribution in [-0.2, 0) is 22.4 Å². The molecular weight excluding hydrogens is 390 g/mol. The molecule has 1 saturated heterocycles. The van der Waals surface area contributed by atoms with E-state index in [1.807, 2.05) is 44.2 Å². The number of carbonyl (C=O) groups is 3. The molecule has 0 aromatic heterocycles. The number of hydrogen-bond acceptors (Lipinski definition) is 3. The third kappa shape index (κ3) is 4.22. The average Bonchev–Trinajstić information content (AvgIpc) is 3.27. The van der Waals surface area contributed by atoms with Crippen LogP contribution in [0.1, 0.15) is 30.5 Å². The fraction of sp³-hybridized carbons (Fsp3) is 0.240. The lowest BCUT2D eigenvalue weighted by atomic mass is 9.92. The maximum atomic E-state index is 12.2. The number of urea groups is 1. The van der Waals surface area contributed by atoms with E-state index >= 15 is 0 Å². The van der Waals surface area contributed by atoms with Gasteiger partial charge in [0.1, 0.15) is 0 Å². The smallest absolute Gasteiger partial charge is 0.319 e. The minimum Gasteiger partial charge on any atom is -0.319 e. The van der Waals surface area contributed by atoms with Gasteiger partial charge in [-0.25, -0.2) is 4.79 Å². The van der Waals surface area contributed by atoms with Crippen LogP contribution in [0.25, 0.3) is 0 Å². The van der Waals surface area contributed by atoms with E-state index in [0.717, 1.165) is 11.1 Å². The lowest BCUT2D eigenvalue weighted by Crippen LogP contribution is -2.44. The molecule has 1 fully saturated rings. The van der Waals surface area contributed by atoms with E-state index in [1.165, 1.54) is 0 Å². The normalized spacial score (nSPS) is 18.4. The first-order valence-electron chi connectivity index (χ1n) is 10.2. The van der Waals surface area contributed by atoms with Crippen molar-refractivity contribution in [1.29, 1.82) is 0 Å². The number of nitrogens with zero attached hydrogens (tertiary/aromatic N) is 1. The molecule has 3 amide bonds. The fourth-order valence-corrected chi connectivity index (χ4v) is 3.81. The van der Waals surface area contributed by atoms with Gasteiger partial charge in [-0.3, -0.25) is 9.59 Å². The molecule has 1 spiro atoms. The van der Waals surface area contributed by atoms with Gasteiger partial charge in [0.25, 0.3) is 5.78 Å². The van der Waals surface area contributed by atoms with E-state index in [2.05, 4.69) is 29.1 Å². The summed E-state index contributed by atoms with van der Waals surface area (Å²) in [6.45, 7) is 8.01. The fourth-order valence-electron chi connectivity index (χ4n) is 3.81. The number of carbonyl (C=O) groups excluding carboxylic acids is 3. The molecule has 31 heavy (non-hydrogen) atoms. The largest absolute Gasteiger partial charge is 0.322 e. The number of rotatable bonds is 2. The summed E-state index contributed by atoms with van der Waals surface area (Å²) in [7, 11) is 1.76. The topological polar surface area (TPSA) is 78.5 Å². The highest BCUT2D eigenvalue weighted by Gasteiger charge is 2.50. The first-order chi connectivity index (χ1) is 14.9. The number of likely N-dealkylation sites (N-methyl/N-ethyl adjacent to an activating group) is 1. The van der Waals surface area contributed by atoms with Crippen LogP contribution in [0.4, 0.5) is 10.5 Å². The molecule has 0 bridgehead atoms. The van der Waals surface area contributed by atoms with E-state index in [-0.39, 0.29) is 6.03 Å². The van der Waals surface area contributed by atoms with Gasteiger partial charge in [0, 0.05) is 36.8 Å². The predicted molar refractivity (Wildman–Crippen MR) is 120 cm³/mol. The predicted octanol–water partition coefficient (Wildman–Crippen LogP) is 3.28. The van der Waals surface area contributed by atoms with Crippen molar-refractivity contribution in [3.63, 3.8) is 0 Å². The van der Waals surface area contributed by atoms with Gasteiger partial charge in [0.05, 0.1) is 5.54 Å². The van der Waals surface area contributed by atoms with E-state index in [1.54, 1.807) is 30.1 Å². The molecule has 2 aromatic rings.